The van der Waals surface area contributed by atoms with E-state index < -0.39 is 0 Å². The molecule has 0 aliphatic carbocycles. The van der Waals surface area contributed by atoms with E-state index >= 15 is 0 Å². The first-order valence-electron chi connectivity index (χ1n) is 7.27. The molecular weight excluding hydrogens is 391 g/mol. The summed E-state index contributed by atoms with van der Waals surface area (Å²) in [6.45, 7) is 8.90. The Morgan fingerprint density at radius 3 is 2.50 bits per heavy atom. The third-order valence-electron chi connectivity index (χ3n) is 2.89. The van der Waals surface area contributed by atoms with Gasteiger partial charge in [0.15, 0.2) is 5.96 Å². The summed E-state index contributed by atoms with van der Waals surface area (Å²) in [5, 5.41) is 10.0. The quantitative estimate of drug-likeness (QED) is 0.286. The van der Waals surface area contributed by atoms with Crippen molar-refractivity contribution in [2.45, 2.75) is 32.9 Å². The fraction of sp³-hybridized carbons (Fsp3) is 0.562. The summed E-state index contributed by atoms with van der Waals surface area (Å²) in [5.74, 6) is 1.67. The van der Waals surface area contributed by atoms with Gasteiger partial charge in [-0.3, -0.25) is 4.99 Å². The van der Waals surface area contributed by atoms with Gasteiger partial charge in [-0.1, -0.05) is 12.1 Å². The SMILES string of the molecule is CN=C(NCCNC(C)(C)C)NCc1cccc(OC)c1.I. The Labute approximate surface area is 151 Å². The van der Waals surface area contributed by atoms with Gasteiger partial charge >= 0.3 is 0 Å². The van der Waals surface area contributed by atoms with Crippen molar-refractivity contribution in [3.8, 4) is 5.75 Å². The molecule has 0 radical (unpaired) electrons. The van der Waals surface area contributed by atoms with Crippen LogP contribution in [0.1, 0.15) is 26.3 Å². The van der Waals surface area contributed by atoms with Gasteiger partial charge in [-0.15, -0.1) is 24.0 Å². The summed E-state index contributed by atoms with van der Waals surface area (Å²) in [7, 11) is 3.45. The highest BCUT2D eigenvalue weighted by Gasteiger charge is 2.07. The molecule has 1 aromatic carbocycles. The van der Waals surface area contributed by atoms with Crippen molar-refractivity contribution in [3.05, 3.63) is 29.8 Å². The van der Waals surface area contributed by atoms with Crippen LogP contribution >= 0.6 is 24.0 Å². The average Bonchev–Trinajstić information content (AvgIpc) is 2.45. The fourth-order valence-corrected chi connectivity index (χ4v) is 1.81. The lowest BCUT2D eigenvalue weighted by molar-refractivity contribution is 0.414. The van der Waals surface area contributed by atoms with E-state index in [9.17, 15) is 0 Å². The van der Waals surface area contributed by atoms with E-state index in [0.717, 1.165) is 30.4 Å². The molecule has 0 aliphatic rings. The highest BCUT2D eigenvalue weighted by atomic mass is 127. The van der Waals surface area contributed by atoms with Gasteiger partial charge in [-0.05, 0) is 38.5 Å². The number of halogens is 1. The number of benzene rings is 1. The maximum atomic E-state index is 5.22. The molecule has 0 saturated carbocycles. The molecule has 0 bridgehead atoms. The summed E-state index contributed by atoms with van der Waals surface area (Å²) in [6.07, 6.45) is 0. The highest BCUT2D eigenvalue weighted by Crippen LogP contribution is 2.11. The third-order valence-corrected chi connectivity index (χ3v) is 2.89. The summed E-state index contributed by atoms with van der Waals surface area (Å²) < 4.78 is 5.22. The zero-order chi connectivity index (χ0) is 15.7. The lowest BCUT2D eigenvalue weighted by Crippen LogP contribution is -2.44. The molecule has 0 fully saturated rings. The molecule has 0 unspecified atom stereocenters. The third kappa shape index (κ3) is 9.09. The molecule has 3 N–H and O–H groups in total. The minimum Gasteiger partial charge on any atom is -0.497 e. The van der Waals surface area contributed by atoms with Crippen molar-refractivity contribution in [1.29, 1.82) is 0 Å². The van der Waals surface area contributed by atoms with Crippen molar-refractivity contribution < 1.29 is 4.74 Å². The lowest BCUT2D eigenvalue weighted by atomic mass is 10.1. The molecule has 0 aliphatic heterocycles. The maximum Gasteiger partial charge on any atom is 0.191 e. The predicted molar refractivity (Wildman–Crippen MR) is 104 cm³/mol. The predicted octanol–water partition coefficient (Wildman–Crippen LogP) is 2.37. The molecule has 126 valence electrons. The molecule has 0 saturated heterocycles. The summed E-state index contributed by atoms with van der Waals surface area (Å²) in [6, 6.07) is 8.00. The van der Waals surface area contributed by atoms with Crippen LogP contribution < -0.4 is 20.7 Å². The van der Waals surface area contributed by atoms with Crippen molar-refractivity contribution in [1.82, 2.24) is 16.0 Å². The van der Waals surface area contributed by atoms with Crippen LogP contribution in [0.2, 0.25) is 0 Å². The van der Waals surface area contributed by atoms with Crippen molar-refractivity contribution in [2.24, 2.45) is 4.99 Å². The molecular formula is C16H29IN4O. The molecule has 0 atom stereocenters. The summed E-state index contributed by atoms with van der Waals surface area (Å²) in [5.41, 5.74) is 1.30. The zero-order valence-corrected chi connectivity index (χ0v) is 16.5. The normalized spacial score (nSPS) is 11.6. The molecule has 0 spiro atoms. The van der Waals surface area contributed by atoms with Crippen LogP contribution in [-0.4, -0.2) is 38.7 Å². The van der Waals surface area contributed by atoms with Gasteiger partial charge in [-0.2, -0.15) is 0 Å². The largest absolute Gasteiger partial charge is 0.497 e. The second-order valence-electron chi connectivity index (χ2n) is 5.88. The number of guanidine groups is 1. The number of nitrogens with zero attached hydrogens (tertiary/aromatic N) is 1. The lowest BCUT2D eigenvalue weighted by Gasteiger charge is -2.21. The minimum atomic E-state index is 0. The Bertz CT molecular complexity index is 458. The van der Waals surface area contributed by atoms with E-state index in [0.29, 0.717) is 6.54 Å². The summed E-state index contributed by atoms with van der Waals surface area (Å²) in [4.78, 5) is 4.22. The van der Waals surface area contributed by atoms with Gasteiger partial charge in [0.1, 0.15) is 5.75 Å². The van der Waals surface area contributed by atoms with Crippen LogP contribution in [0.3, 0.4) is 0 Å². The topological polar surface area (TPSA) is 57.7 Å². The molecule has 1 aromatic rings. The van der Waals surface area contributed by atoms with Gasteiger partial charge in [0, 0.05) is 32.2 Å². The van der Waals surface area contributed by atoms with E-state index in [1.54, 1.807) is 14.2 Å². The molecule has 0 heterocycles. The smallest absolute Gasteiger partial charge is 0.191 e. The van der Waals surface area contributed by atoms with Gasteiger partial charge in [0.2, 0.25) is 0 Å². The average molecular weight is 420 g/mol. The maximum absolute atomic E-state index is 5.22. The first kappa shape index (κ1) is 21.0. The first-order chi connectivity index (χ1) is 9.94. The number of hydrogen-bond donors (Lipinski definition) is 3. The van der Waals surface area contributed by atoms with Crippen LogP contribution in [0.5, 0.6) is 5.75 Å². The standard InChI is InChI=1S/C16H28N4O.HI/c1-16(2,3)20-10-9-18-15(17-4)19-12-13-7-6-8-14(11-13)21-5;/h6-8,11,20H,9-10,12H2,1-5H3,(H2,17,18,19);1H. The van der Waals surface area contributed by atoms with Crippen LogP contribution in [-0.2, 0) is 6.54 Å². The number of ether oxygens (including phenoxy) is 1. The van der Waals surface area contributed by atoms with Gasteiger partial charge in [0.25, 0.3) is 0 Å². The Morgan fingerprint density at radius 1 is 1.18 bits per heavy atom. The highest BCUT2D eigenvalue weighted by molar-refractivity contribution is 14.0. The Hall–Kier alpha value is -1.02. The number of hydrogen-bond acceptors (Lipinski definition) is 3. The fourth-order valence-electron chi connectivity index (χ4n) is 1.81. The van der Waals surface area contributed by atoms with E-state index in [2.05, 4.69) is 47.8 Å². The van der Waals surface area contributed by atoms with Gasteiger partial charge < -0.3 is 20.7 Å². The Kier molecular flexibility index (Phi) is 10.2. The van der Waals surface area contributed by atoms with Crippen molar-refractivity contribution in [2.75, 3.05) is 27.2 Å². The van der Waals surface area contributed by atoms with Crippen LogP contribution in [0.15, 0.2) is 29.3 Å². The molecule has 0 aromatic heterocycles. The van der Waals surface area contributed by atoms with Crippen molar-refractivity contribution in [3.63, 3.8) is 0 Å². The molecule has 5 nitrogen and oxygen atoms in total. The second kappa shape index (κ2) is 10.7. The van der Waals surface area contributed by atoms with E-state index in [4.69, 9.17) is 4.74 Å². The number of aliphatic imine (C=N–C) groups is 1. The summed E-state index contributed by atoms with van der Waals surface area (Å²) >= 11 is 0. The number of rotatable bonds is 6. The van der Waals surface area contributed by atoms with E-state index in [1.807, 2.05) is 18.2 Å². The zero-order valence-electron chi connectivity index (χ0n) is 14.2. The second-order valence-corrected chi connectivity index (χ2v) is 5.88. The molecule has 0 amide bonds. The number of methoxy groups -OCH3 is 1. The minimum absolute atomic E-state index is 0. The van der Waals surface area contributed by atoms with Crippen LogP contribution in [0.25, 0.3) is 0 Å². The van der Waals surface area contributed by atoms with E-state index in [-0.39, 0.29) is 29.5 Å². The van der Waals surface area contributed by atoms with Crippen molar-refractivity contribution >= 4 is 29.9 Å². The van der Waals surface area contributed by atoms with Gasteiger partial charge in [0.05, 0.1) is 7.11 Å². The van der Waals surface area contributed by atoms with Crippen LogP contribution in [0.4, 0.5) is 0 Å². The van der Waals surface area contributed by atoms with E-state index in [1.165, 1.54) is 0 Å². The van der Waals surface area contributed by atoms with Gasteiger partial charge in [-0.25, -0.2) is 0 Å². The van der Waals surface area contributed by atoms with Crippen LogP contribution in [0, 0.1) is 0 Å². The molecule has 1 rings (SSSR count). The molecule has 22 heavy (non-hydrogen) atoms. The first-order valence-corrected chi connectivity index (χ1v) is 7.27. The monoisotopic (exact) mass is 420 g/mol. The number of nitrogens with one attached hydrogen (secondary N) is 3. The molecule has 6 heteroatoms. The Morgan fingerprint density at radius 2 is 1.91 bits per heavy atom. The Balaban J connectivity index is 0.00000441.